The van der Waals surface area contributed by atoms with Crippen LogP contribution in [0.5, 0.6) is 0 Å². The lowest BCUT2D eigenvalue weighted by atomic mass is 9.44. The van der Waals surface area contributed by atoms with Gasteiger partial charge in [0.05, 0.1) is 18.8 Å². The highest BCUT2D eigenvalue weighted by Crippen LogP contribution is 2.71. The van der Waals surface area contributed by atoms with E-state index in [2.05, 4.69) is 10.6 Å². The van der Waals surface area contributed by atoms with E-state index in [1.807, 2.05) is 33.8 Å². The maximum absolute atomic E-state index is 17.4. The van der Waals surface area contributed by atoms with Crippen molar-refractivity contribution in [2.75, 3.05) is 6.61 Å². The van der Waals surface area contributed by atoms with Gasteiger partial charge in [0.2, 0.25) is 0 Å². The van der Waals surface area contributed by atoms with E-state index in [4.69, 9.17) is 4.74 Å². The number of rotatable bonds is 6. The van der Waals surface area contributed by atoms with E-state index in [1.165, 1.54) is 0 Å². The molecule has 9 heteroatoms. The molecule has 0 saturated heterocycles. The van der Waals surface area contributed by atoms with Crippen molar-refractivity contribution in [3.63, 3.8) is 0 Å². The first kappa shape index (κ1) is 26.3. The molecule has 1 unspecified atom stereocenters. The first-order valence-electron chi connectivity index (χ1n) is 12.7. The Bertz CT molecular complexity index is 954. The summed E-state index contributed by atoms with van der Waals surface area (Å²) in [5, 5.41) is 44.3. The summed E-state index contributed by atoms with van der Waals surface area (Å²) in [6.45, 7) is 6.80. The fourth-order valence-electron chi connectivity index (χ4n) is 8.29. The van der Waals surface area contributed by atoms with Crippen LogP contribution in [0.1, 0.15) is 66.2 Å². The number of halogens is 1. The number of alkyl halides is 1. The zero-order chi connectivity index (χ0) is 25.8. The molecule has 196 valence electrons. The number of carbonyl (C=O) groups is 1. The molecule has 35 heavy (non-hydrogen) atoms. The van der Waals surface area contributed by atoms with Gasteiger partial charge in [0.15, 0.2) is 11.3 Å². The van der Waals surface area contributed by atoms with Gasteiger partial charge in [-0.3, -0.25) is 4.79 Å². The maximum atomic E-state index is 17.4. The number of hydroxylamine groups is 1. The van der Waals surface area contributed by atoms with Crippen molar-refractivity contribution in [3.05, 3.63) is 23.8 Å². The zero-order valence-corrected chi connectivity index (χ0v) is 21.0. The van der Waals surface area contributed by atoms with Crippen molar-refractivity contribution in [1.82, 2.24) is 5.48 Å². The van der Waals surface area contributed by atoms with Crippen LogP contribution in [0, 0.1) is 28.6 Å². The first-order valence-corrected chi connectivity index (χ1v) is 12.7. The molecular formula is C26H39FN2O6. The predicted octanol–water partition coefficient (Wildman–Crippen LogP) is 3.29. The quantitative estimate of drug-likeness (QED) is 0.126. The molecule has 5 N–H and O–H groups in total. The van der Waals surface area contributed by atoms with Crippen LogP contribution >= 0.6 is 0 Å². The van der Waals surface area contributed by atoms with E-state index in [9.17, 15) is 25.4 Å². The molecule has 8 nitrogen and oxygen atoms in total. The summed E-state index contributed by atoms with van der Waals surface area (Å²) in [6.07, 6.45) is 6.20. The number of nitrogens with one attached hydrogen (secondary N) is 1. The molecule has 0 aliphatic heterocycles. The van der Waals surface area contributed by atoms with Crippen molar-refractivity contribution >= 4 is 11.7 Å². The highest BCUT2D eigenvalue weighted by molar-refractivity contribution is 5.96. The number of aliphatic hydroxyl groups excluding tert-OH is 2. The van der Waals surface area contributed by atoms with Crippen LogP contribution in [-0.4, -0.2) is 62.3 Å². The van der Waals surface area contributed by atoms with E-state index in [-0.39, 0.29) is 30.4 Å². The number of ether oxygens (including phenoxy) is 1. The Balaban J connectivity index is 1.83. The van der Waals surface area contributed by atoms with Crippen LogP contribution in [0.2, 0.25) is 0 Å². The number of fused-ring (bicyclic) bond motifs is 5. The largest absolute Gasteiger partial charge is 0.452 e. The number of hydrogen-bond acceptors (Lipinski definition) is 8. The Morgan fingerprint density at radius 2 is 2.06 bits per heavy atom. The SMILES string of the molecule is CCCC(=O)O[C@]1(/C(CO)=N/O)[C@@H](C)C[C@H]2[C@@H]3CCC4=CC(NO)C=C[C@]4(C)[C@@]3(F)[C@@H](O)C[C@@]21C. The number of nitrogens with zero attached hydrogens (tertiary/aromatic N) is 1. The van der Waals surface area contributed by atoms with Crippen LogP contribution in [0.15, 0.2) is 29.0 Å². The third-order valence-corrected chi connectivity index (χ3v) is 9.88. The number of carbonyl (C=O) groups excluding carboxylic acids is 1. The minimum atomic E-state index is -1.98. The van der Waals surface area contributed by atoms with Gasteiger partial charge < -0.3 is 25.4 Å². The third kappa shape index (κ3) is 3.31. The van der Waals surface area contributed by atoms with Gasteiger partial charge >= 0.3 is 5.97 Å². The zero-order valence-electron chi connectivity index (χ0n) is 21.0. The summed E-state index contributed by atoms with van der Waals surface area (Å²) in [5.74, 6) is -1.67. The van der Waals surface area contributed by atoms with Crippen molar-refractivity contribution in [2.45, 2.75) is 89.6 Å². The number of esters is 1. The minimum absolute atomic E-state index is 0.0220. The second kappa shape index (κ2) is 8.94. The monoisotopic (exact) mass is 494 g/mol. The smallest absolute Gasteiger partial charge is 0.306 e. The predicted molar refractivity (Wildman–Crippen MR) is 127 cm³/mol. The molecule has 4 aliphatic rings. The van der Waals surface area contributed by atoms with E-state index in [0.717, 1.165) is 5.57 Å². The molecule has 4 rings (SSSR count). The van der Waals surface area contributed by atoms with E-state index in [0.29, 0.717) is 25.7 Å². The third-order valence-electron chi connectivity index (χ3n) is 9.88. The van der Waals surface area contributed by atoms with Crippen LogP contribution in [0.25, 0.3) is 0 Å². The molecule has 4 aliphatic carbocycles. The fourth-order valence-corrected chi connectivity index (χ4v) is 8.29. The van der Waals surface area contributed by atoms with Crippen LogP contribution in [0.3, 0.4) is 0 Å². The Morgan fingerprint density at radius 3 is 2.66 bits per heavy atom. The normalized spacial score (nSPS) is 46.9. The lowest BCUT2D eigenvalue weighted by Gasteiger charge is -2.63. The second-order valence-corrected chi connectivity index (χ2v) is 11.4. The Hall–Kier alpha value is -1.81. The molecule has 0 radical (unpaired) electrons. The van der Waals surface area contributed by atoms with Crippen molar-refractivity contribution in [2.24, 2.45) is 33.7 Å². The molecule has 0 bridgehead atoms. The van der Waals surface area contributed by atoms with Crippen LogP contribution in [0.4, 0.5) is 4.39 Å². The van der Waals surface area contributed by atoms with Crippen LogP contribution in [-0.2, 0) is 9.53 Å². The van der Waals surface area contributed by atoms with Gasteiger partial charge in [0.1, 0.15) is 5.71 Å². The molecule has 0 aromatic heterocycles. The van der Waals surface area contributed by atoms with Gasteiger partial charge in [-0.05, 0) is 44.9 Å². The molecule has 0 spiro atoms. The van der Waals surface area contributed by atoms with Gasteiger partial charge in [-0.15, -0.1) is 0 Å². The van der Waals surface area contributed by atoms with Crippen molar-refractivity contribution in [3.8, 4) is 0 Å². The first-order chi connectivity index (χ1) is 16.5. The Kier molecular flexibility index (Phi) is 6.71. The molecule has 3 saturated carbocycles. The van der Waals surface area contributed by atoms with Gasteiger partial charge in [-0.25, -0.2) is 4.39 Å². The van der Waals surface area contributed by atoms with Crippen molar-refractivity contribution in [1.29, 1.82) is 0 Å². The molecular weight excluding hydrogens is 455 g/mol. The number of aliphatic hydroxyl groups is 2. The van der Waals surface area contributed by atoms with Gasteiger partial charge in [0, 0.05) is 29.1 Å². The summed E-state index contributed by atoms with van der Waals surface area (Å²) < 4.78 is 23.5. The summed E-state index contributed by atoms with van der Waals surface area (Å²) in [4.78, 5) is 12.8. The summed E-state index contributed by atoms with van der Waals surface area (Å²) in [7, 11) is 0. The summed E-state index contributed by atoms with van der Waals surface area (Å²) in [6, 6.07) is -0.408. The summed E-state index contributed by atoms with van der Waals surface area (Å²) in [5.41, 5.74) is -2.45. The molecule has 3 fully saturated rings. The van der Waals surface area contributed by atoms with Gasteiger partial charge in [0.25, 0.3) is 0 Å². The number of hydrogen-bond donors (Lipinski definition) is 5. The highest BCUT2D eigenvalue weighted by Gasteiger charge is 2.76. The molecule has 9 atom stereocenters. The Morgan fingerprint density at radius 1 is 1.34 bits per heavy atom. The molecule has 0 aromatic carbocycles. The molecule has 0 heterocycles. The molecule has 0 amide bonds. The molecule has 0 aromatic rings. The average molecular weight is 495 g/mol. The van der Waals surface area contributed by atoms with E-state index >= 15 is 4.39 Å². The topological polar surface area (TPSA) is 132 Å². The lowest BCUT2D eigenvalue weighted by Crippen LogP contribution is -2.70. The average Bonchev–Trinajstić information content (AvgIpc) is 3.02. The highest BCUT2D eigenvalue weighted by atomic mass is 19.1. The lowest BCUT2D eigenvalue weighted by molar-refractivity contribution is -0.217. The second-order valence-electron chi connectivity index (χ2n) is 11.4. The fraction of sp³-hybridized carbons (Fsp3) is 0.769. The van der Waals surface area contributed by atoms with E-state index < -0.39 is 52.7 Å². The van der Waals surface area contributed by atoms with Crippen molar-refractivity contribution < 1.29 is 34.5 Å². The number of allylic oxidation sites excluding steroid dienone is 2. The van der Waals surface area contributed by atoms with Gasteiger partial charge in [-0.2, -0.15) is 5.48 Å². The Labute approximate surface area is 205 Å². The minimum Gasteiger partial charge on any atom is -0.452 e. The van der Waals surface area contributed by atoms with Crippen LogP contribution < -0.4 is 5.48 Å². The maximum Gasteiger partial charge on any atom is 0.306 e. The van der Waals surface area contributed by atoms with Gasteiger partial charge in [-0.1, -0.05) is 49.7 Å². The number of oxime groups is 1. The summed E-state index contributed by atoms with van der Waals surface area (Å²) >= 11 is 0. The van der Waals surface area contributed by atoms with E-state index in [1.54, 1.807) is 12.2 Å². The standard InChI is InChI=1S/C26H39FN2O6/c1-5-6-22(32)35-26(20(14-30)29-34)15(2)11-19-18-8-7-16-12-17(28-33)9-10-23(16,3)25(18,27)21(31)13-24(19,26)4/h9-10,12,15,17-19,21,28,30-31,33-34H,5-8,11,13-14H2,1-4H3/b29-20+/t15-,17?,18-,19-,21-,23-,24-,25-,26-/m0/s1.